The minimum absolute atomic E-state index is 0. The molecule has 0 heterocycles. The van der Waals surface area contributed by atoms with Crippen LogP contribution in [-0.4, -0.2) is 30.0 Å². The van der Waals surface area contributed by atoms with Gasteiger partial charge in [0.15, 0.2) is 0 Å². The van der Waals surface area contributed by atoms with Gasteiger partial charge in [-0.3, -0.25) is 0 Å². The van der Waals surface area contributed by atoms with Crippen LogP contribution in [0.4, 0.5) is 0 Å². The van der Waals surface area contributed by atoms with Crippen molar-refractivity contribution in [1.82, 2.24) is 0 Å². The SMILES string of the molecule is CCCCCCCC(CC)[N+](C)(C)O.[Cl-]. The van der Waals surface area contributed by atoms with E-state index in [4.69, 9.17) is 0 Å². The zero-order valence-electron chi connectivity index (χ0n) is 10.8. The van der Waals surface area contributed by atoms with Crippen molar-refractivity contribution >= 4 is 0 Å². The molecule has 1 N–H and O–H groups in total. The van der Waals surface area contributed by atoms with E-state index >= 15 is 0 Å². The number of quaternary nitrogens is 1. The molecule has 0 aromatic rings. The molecule has 15 heavy (non-hydrogen) atoms. The first-order valence-corrected chi connectivity index (χ1v) is 6.08. The summed E-state index contributed by atoms with van der Waals surface area (Å²) in [5, 5.41) is 9.82. The van der Waals surface area contributed by atoms with Crippen molar-refractivity contribution in [2.45, 2.75) is 64.8 Å². The standard InChI is InChI=1S/C12H28NO.ClH/c1-5-7-8-9-10-11-12(6-2)13(3,4)14;/h12,14H,5-11H2,1-4H3;1H/q+1;/p-1. The maximum Gasteiger partial charge on any atom is 0.118 e. The Bertz CT molecular complexity index is 134. The van der Waals surface area contributed by atoms with Gasteiger partial charge in [-0.05, 0) is 12.8 Å². The monoisotopic (exact) mass is 237 g/mol. The molecular weight excluding hydrogens is 210 g/mol. The summed E-state index contributed by atoms with van der Waals surface area (Å²) in [6.07, 6.45) is 8.82. The quantitative estimate of drug-likeness (QED) is 0.372. The van der Waals surface area contributed by atoms with Crippen molar-refractivity contribution in [3.05, 3.63) is 0 Å². The van der Waals surface area contributed by atoms with E-state index in [1.54, 1.807) is 0 Å². The number of hydrogen-bond donors (Lipinski definition) is 1. The van der Waals surface area contributed by atoms with Gasteiger partial charge in [0, 0.05) is 6.42 Å². The summed E-state index contributed by atoms with van der Waals surface area (Å²) in [5.74, 6) is 0. The van der Waals surface area contributed by atoms with Crippen molar-refractivity contribution < 1.29 is 22.3 Å². The Kier molecular flexibility index (Phi) is 11.1. The smallest absolute Gasteiger partial charge is 0.118 e. The topological polar surface area (TPSA) is 20.2 Å². The van der Waals surface area contributed by atoms with E-state index in [1.807, 2.05) is 14.1 Å². The second-order valence-electron chi connectivity index (χ2n) is 4.74. The Labute approximate surface area is 102 Å². The van der Waals surface area contributed by atoms with Crippen LogP contribution in [0.15, 0.2) is 0 Å². The third kappa shape index (κ3) is 9.16. The number of hydroxylamine groups is 3. The predicted octanol–water partition coefficient (Wildman–Crippen LogP) is 0.595. The summed E-state index contributed by atoms with van der Waals surface area (Å²) < 4.78 is 0.129. The van der Waals surface area contributed by atoms with Gasteiger partial charge >= 0.3 is 0 Å². The van der Waals surface area contributed by atoms with Crippen molar-refractivity contribution in [2.24, 2.45) is 0 Å². The molecule has 2 nitrogen and oxygen atoms in total. The lowest BCUT2D eigenvalue weighted by Gasteiger charge is -2.29. The molecule has 0 saturated carbocycles. The van der Waals surface area contributed by atoms with E-state index < -0.39 is 0 Å². The highest BCUT2D eigenvalue weighted by Gasteiger charge is 2.23. The average Bonchev–Trinajstić information content (AvgIpc) is 2.09. The molecule has 3 heteroatoms. The third-order valence-corrected chi connectivity index (χ3v) is 3.01. The van der Waals surface area contributed by atoms with Crippen LogP contribution in [0.1, 0.15) is 58.8 Å². The van der Waals surface area contributed by atoms with E-state index in [-0.39, 0.29) is 17.1 Å². The van der Waals surface area contributed by atoms with Crippen molar-refractivity contribution in [1.29, 1.82) is 0 Å². The number of hydrogen-bond acceptors (Lipinski definition) is 1. The molecule has 0 bridgehead atoms. The fraction of sp³-hybridized carbons (Fsp3) is 1.00. The zero-order valence-corrected chi connectivity index (χ0v) is 11.6. The normalized spacial score (nSPS) is 13.4. The first-order chi connectivity index (χ1) is 6.52. The zero-order chi connectivity index (χ0) is 11.0. The largest absolute Gasteiger partial charge is 1.00 e. The van der Waals surface area contributed by atoms with Crippen molar-refractivity contribution in [2.75, 3.05) is 14.1 Å². The molecule has 0 radical (unpaired) electrons. The molecule has 0 aliphatic rings. The minimum atomic E-state index is 0. The summed E-state index contributed by atoms with van der Waals surface area (Å²) >= 11 is 0. The fourth-order valence-electron chi connectivity index (χ4n) is 1.95. The minimum Gasteiger partial charge on any atom is -1.00 e. The van der Waals surface area contributed by atoms with Crippen LogP contribution < -0.4 is 12.4 Å². The van der Waals surface area contributed by atoms with Gasteiger partial charge < -0.3 is 12.4 Å². The van der Waals surface area contributed by atoms with Gasteiger partial charge in [-0.25, -0.2) is 5.21 Å². The Morgan fingerprint density at radius 1 is 1.00 bits per heavy atom. The first-order valence-electron chi connectivity index (χ1n) is 6.08. The molecule has 0 rings (SSSR count). The maximum atomic E-state index is 9.82. The molecule has 0 fully saturated rings. The third-order valence-electron chi connectivity index (χ3n) is 3.01. The number of halogens is 1. The van der Waals surface area contributed by atoms with Crippen LogP contribution in [-0.2, 0) is 0 Å². The summed E-state index contributed by atoms with van der Waals surface area (Å²) in [6.45, 7) is 4.40. The molecule has 0 saturated heterocycles. The van der Waals surface area contributed by atoms with Crippen LogP contribution in [0.3, 0.4) is 0 Å². The molecule has 0 aromatic heterocycles. The second-order valence-corrected chi connectivity index (χ2v) is 4.74. The van der Waals surface area contributed by atoms with Crippen molar-refractivity contribution in [3.8, 4) is 0 Å². The lowest BCUT2D eigenvalue weighted by Crippen LogP contribution is -3.00. The van der Waals surface area contributed by atoms with Crippen LogP contribution in [0.5, 0.6) is 0 Å². The molecule has 0 amide bonds. The van der Waals surface area contributed by atoms with E-state index in [0.29, 0.717) is 6.04 Å². The number of rotatable bonds is 8. The highest BCUT2D eigenvalue weighted by molar-refractivity contribution is 4.54. The Morgan fingerprint density at radius 2 is 1.53 bits per heavy atom. The van der Waals surface area contributed by atoms with Crippen LogP contribution in [0.2, 0.25) is 0 Å². The molecule has 94 valence electrons. The van der Waals surface area contributed by atoms with Crippen LogP contribution >= 0.6 is 0 Å². The van der Waals surface area contributed by atoms with Gasteiger partial charge in [0.25, 0.3) is 0 Å². The van der Waals surface area contributed by atoms with Crippen LogP contribution in [0.25, 0.3) is 0 Å². The molecule has 0 aliphatic carbocycles. The van der Waals surface area contributed by atoms with Gasteiger partial charge in [0.05, 0.1) is 14.1 Å². The Balaban J connectivity index is 0. The molecule has 0 aromatic carbocycles. The van der Waals surface area contributed by atoms with Gasteiger partial charge in [-0.1, -0.05) is 39.5 Å². The van der Waals surface area contributed by atoms with Crippen molar-refractivity contribution in [3.63, 3.8) is 0 Å². The van der Waals surface area contributed by atoms with Gasteiger partial charge in [-0.15, -0.1) is 0 Å². The second kappa shape index (κ2) is 9.44. The van der Waals surface area contributed by atoms with Gasteiger partial charge in [0.2, 0.25) is 0 Å². The summed E-state index contributed by atoms with van der Waals surface area (Å²) in [5.41, 5.74) is 0. The lowest BCUT2D eigenvalue weighted by molar-refractivity contribution is -1.09. The predicted molar refractivity (Wildman–Crippen MR) is 61.3 cm³/mol. The highest BCUT2D eigenvalue weighted by Crippen LogP contribution is 2.15. The molecular formula is C12H28ClNO. The highest BCUT2D eigenvalue weighted by atomic mass is 35.5. The van der Waals surface area contributed by atoms with Gasteiger partial charge in [0.1, 0.15) is 6.04 Å². The molecule has 1 unspecified atom stereocenters. The Morgan fingerprint density at radius 3 is 1.93 bits per heavy atom. The van der Waals surface area contributed by atoms with Gasteiger partial charge in [-0.2, -0.15) is 4.65 Å². The molecule has 1 atom stereocenters. The number of nitrogens with zero attached hydrogens (tertiary/aromatic N) is 1. The van der Waals surface area contributed by atoms with E-state index in [1.165, 1.54) is 32.1 Å². The molecule has 0 aliphatic heterocycles. The lowest BCUT2D eigenvalue weighted by atomic mass is 10.0. The summed E-state index contributed by atoms with van der Waals surface area (Å²) in [6, 6.07) is 0.414. The fourth-order valence-corrected chi connectivity index (χ4v) is 1.95. The summed E-state index contributed by atoms with van der Waals surface area (Å²) in [4.78, 5) is 0. The van der Waals surface area contributed by atoms with Crippen LogP contribution in [0, 0.1) is 0 Å². The average molecular weight is 238 g/mol. The first kappa shape index (κ1) is 17.6. The number of unbranched alkanes of at least 4 members (excludes halogenated alkanes) is 4. The summed E-state index contributed by atoms with van der Waals surface area (Å²) in [7, 11) is 3.75. The van der Waals surface area contributed by atoms with E-state index in [0.717, 1.165) is 12.8 Å². The molecule has 0 spiro atoms. The maximum absolute atomic E-state index is 9.82. The van der Waals surface area contributed by atoms with E-state index in [9.17, 15) is 5.21 Å². The Hall–Kier alpha value is 0.210. The van der Waals surface area contributed by atoms with E-state index in [2.05, 4.69) is 13.8 Å².